The maximum atomic E-state index is 6.40. The Kier molecular flexibility index (Phi) is 5.66. The second kappa shape index (κ2) is 8.17. The number of benzene rings is 1. The molecule has 27 heavy (non-hydrogen) atoms. The van der Waals surface area contributed by atoms with Crippen LogP contribution in [0.4, 0.5) is 0 Å². The number of halogens is 1. The molecule has 0 N–H and O–H groups in total. The minimum Gasteiger partial charge on any atom is -0.303 e. The fourth-order valence-electron chi connectivity index (χ4n) is 3.71. The van der Waals surface area contributed by atoms with Crippen molar-refractivity contribution in [2.75, 3.05) is 25.4 Å². The maximum Gasteiger partial charge on any atom is 0.147 e. The summed E-state index contributed by atoms with van der Waals surface area (Å²) in [6, 6.07) is 7.78. The Hall–Kier alpha value is -1.63. The minimum absolute atomic E-state index is 0.686. The standard InChI is InChI=1S/C20H24ClN5S/c1-14-18-15(2)26(17-9-5-4-8-16(17)21)24-19(18)20(23-22-14)27-13-12-25-10-6-3-7-11-25/h4-5,8-9H,3,6-7,10-13H2,1-2H3. The lowest BCUT2D eigenvalue weighted by atomic mass is 10.1. The van der Waals surface area contributed by atoms with Gasteiger partial charge in [0.25, 0.3) is 0 Å². The highest BCUT2D eigenvalue weighted by Gasteiger charge is 2.18. The number of hydrogen-bond acceptors (Lipinski definition) is 5. The fraction of sp³-hybridized carbons (Fsp3) is 0.450. The molecular weight excluding hydrogens is 378 g/mol. The first kappa shape index (κ1) is 18.7. The zero-order chi connectivity index (χ0) is 18.8. The number of para-hydroxylation sites is 1. The van der Waals surface area contributed by atoms with E-state index in [9.17, 15) is 0 Å². The molecule has 2 aromatic heterocycles. The summed E-state index contributed by atoms with van der Waals surface area (Å²) >= 11 is 8.15. The number of hydrogen-bond donors (Lipinski definition) is 0. The van der Waals surface area contributed by atoms with Crippen LogP contribution in [0, 0.1) is 13.8 Å². The molecule has 0 saturated carbocycles. The average Bonchev–Trinajstić information content (AvgIpc) is 3.03. The van der Waals surface area contributed by atoms with Gasteiger partial charge in [0, 0.05) is 17.7 Å². The third kappa shape index (κ3) is 3.84. The van der Waals surface area contributed by atoms with Crippen LogP contribution in [-0.2, 0) is 0 Å². The topological polar surface area (TPSA) is 46.8 Å². The van der Waals surface area contributed by atoms with Crippen molar-refractivity contribution in [2.24, 2.45) is 0 Å². The minimum atomic E-state index is 0.686. The average molecular weight is 402 g/mol. The molecule has 142 valence electrons. The summed E-state index contributed by atoms with van der Waals surface area (Å²) in [6.07, 6.45) is 4.01. The van der Waals surface area contributed by atoms with Crippen molar-refractivity contribution in [2.45, 2.75) is 38.1 Å². The van der Waals surface area contributed by atoms with E-state index in [0.717, 1.165) is 45.3 Å². The molecule has 1 aliphatic rings. The van der Waals surface area contributed by atoms with Crippen LogP contribution in [0.1, 0.15) is 30.7 Å². The molecule has 1 saturated heterocycles. The quantitative estimate of drug-likeness (QED) is 0.581. The van der Waals surface area contributed by atoms with E-state index >= 15 is 0 Å². The summed E-state index contributed by atoms with van der Waals surface area (Å²) in [5, 5.41) is 16.4. The van der Waals surface area contributed by atoms with Crippen LogP contribution >= 0.6 is 23.4 Å². The van der Waals surface area contributed by atoms with Gasteiger partial charge in [-0.05, 0) is 51.9 Å². The summed E-state index contributed by atoms with van der Waals surface area (Å²) in [7, 11) is 0. The van der Waals surface area contributed by atoms with Crippen molar-refractivity contribution in [1.29, 1.82) is 0 Å². The van der Waals surface area contributed by atoms with Gasteiger partial charge in [0.15, 0.2) is 0 Å². The van der Waals surface area contributed by atoms with Crippen LogP contribution in [0.25, 0.3) is 16.6 Å². The van der Waals surface area contributed by atoms with Crippen LogP contribution < -0.4 is 0 Å². The Labute approximate surface area is 169 Å². The number of thioether (sulfide) groups is 1. The molecule has 7 heteroatoms. The van der Waals surface area contributed by atoms with Gasteiger partial charge >= 0.3 is 0 Å². The van der Waals surface area contributed by atoms with Gasteiger partial charge < -0.3 is 4.90 Å². The van der Waals surface area contributed by atoms with E-state index in [1.165, 1.54) is 32.4 Å². The van der Waals surface area contributed by atoms with E-state index in [2.05, 4.69) is 22.0 Å². The van der Waals surface area contributed by atoms with Crippen molar-refractivity contribution in [1.82, 2.24) is 24.9 Å². The summed E-state index contributed by atoms with van der Waals surface area (Å²) < 4.78 is 1.91. The monoisotopic (exact) mass is 401 g/mol. The number of piperidine rings is 1. The lowest BCUT2D eigenvalue weighted by Crippen LogP contribution is -2.31. The first-order valence-electron chi connectivity index (χ1n) is 9.48. The zero-order valence-electron chi connectivity index (χ0n) is 15.8. The van der Waals surface area contributed by atoms with Crippen molar-refractivity contribution < 1.29 is 0 Å². The van der Waals surface area contributed by atoms with Gasteiger partial charge in [0.2, 0.25) is 0 Å². The van der Waals surface area contributed by atoms with E-state index in [1.54, 1.807) is 11.8 Å². The molecule has 1 aromatic carbocycles. The molecule has 1 fully saturated rings. The van der Waals surface area contributed by atoms with E-state index in [4.69, 9.17) is 16.7 Å². The van der Waals surface area contributed by atoms with Gasteiger partial charge in [0.05, 0.1) is 22.1 Å². The summed E-state index contributed by atoms with van der Waals surface area (Å²) in [4.78, 5) is 2.54. The number of nitrogens with zero attached hydrogens (tertiary/aromatic N) is 5. The normalized spacial score (nSPS) is 15.5. The van der Waals surface area contributed by atoms with Crippen LogP contribution in [0.15, 0.2) is 29.3 Å². The summed E-state index contributed by atoms with van der Waals surface area (Å²) in [5.74, 6) is 1.00. The van der Waals surface area contributed by atoms with Crippen LogP contribution in [0.3, 0.4) is 0 Å². The van der Waals surface area contributed by atoms with Gasteiger partial charge in [0.1, 0.15) is 10.5 Å². The molecular formula is C20H24ClN5S. The Bertz CT molecular complexity index is 949. The fourth-order valence-corrected chi connectivity index (χ4v) is 4.85. The van der Waals surface area contributed by atoms with Crippen LogP contribution in [0.5, 0.6) is 0 Å². The van der Waals surface area contributed by atoms with Crippen molar-refractivity contribution in [3.05, 3.63) is 40.7 Å². The zero-order valence-corrected chi connectivity index (χ0v) is 17.4. The molecule has 0 amide bonds. The third-order valence-electron chi connectivity index (χ3n) is 5.15. The molecule has 0 spiro atoms. The Morgan fingerprint density at radius 3 is 2.63 bits per heavy atom. The predicted molar refractivity (Wildman–Crippen MR) is 112 cm³/mol. The second-order valence-corrected chi connectivity index (χ2v) is 8.50. The molecule has 3 aromatic rings. The number of aryl methyl sites for hydroxylation is 2. The lowest BCUT2D eigenvalue weighted by molar-refractivity contribution is 0.242. The van der Waals surface area contributed by atoms with Crippen molar-refractivity contribution in [3.63, 3.8) is 0 Å². The molecule has 0 bridgehead atoms. The molecule has 0 radical (unpaired) electrons. The summed E-state index contributed by atoms with van der Waals surface area (Å²) in [6.45, 7) is 7.58. The molecule has 1 aliphatic heterocycles. The van der Waals surface area contributed by atoms with E-state index < -0.39 is 0 Å². The second-order valence-electron chi connectivity index (χ2n) is 7.01. The first-order valence-corrected chi connectivity index (χ1v) is 10.8. The molecule has 0 unspecified atom stereocenters. The van der Waals surface area contributed by atoms with Crippen LogP contribution in [-0.4, -0.2) is 50.3 Å². The van der Waals surface area contributed by atoms with Crippen molar-refractivity contribution in [3.8, 4) is 5.69 Å². The molecule has 3 heterocycles. The molecule has 0 aliphatic carbocycles. The molecule has 0 atom stereocenters. The Morgan fingerprint density at radius 1 is 1.07 bits per heavy atom. The Balaban J connectivity index is 1.63. The highest BCUT2D eigenvalue weighted by Crippen LogP contribution is 2.31. The SMILES string of the molecule is Cc1nnc(SCCN2CCCCC2)c2nn(-c3ccccc3Cl)c(C)c12. The van der Waals surface area contributed by atoms with E-state index in [1.807, 2.05) is 35.9 Å². The van der Waals surface area contributed by atoms with Crippen molar-refractivity contribution >= 4 is 34.3 Å². The largest absolute Gasteiger partial charge is 0.303 e. The van der Waals surface area contributed by atoms with E-state index in [0.29, 0.717) is 5.02 Å². The van der Waals surface area contributed by atoms with E-state index in [-0.39, 0.29) is 0 Å². The lowest BCUT2D eigenvalue weighted by Gasteiger charge is -2.25. The van der Waals surface area contributed by atoms with Gasteiger partial charge in [-0.1, -0.05) is 30.2 Å². The van der Waals surface area contributed by atoms with Gasteiger partial charge in [-0.25, -0.2) is 4.68 Å². The predicted octanol–water partition coefficient (Wildman–Crippen LogP) is 4.66. The maximum absolute atomic E-state index is 6.40. The highest BCUT2D eigenvalue weighted by molar-refractivity contribution is 7.99. The Morgan fingerprint density at radius 2 is 1.85 bits per heavy atom. The first-order chi connectivity index (χ1) is 13.1. The number of aromatic nitrogens is 4. The number of likely N-dealkylation sites (tertiary alicyclic amines) is 1. The smallest absolute Gasteiger partial charge is 0.147 e. The van der Waals surface area contributed by atoms with Gasteiger partial charge in [-0.3, -0.25) is 0 Å². The third-order valence-corrected chi connectivity index (χ3v) is 6.40. The van der Waals surface area contributed by atoms with Gasteiger partial charge in [-0.15, -0.1) is 16.9 Å². The number of fused-ring (bicyclic) bond motifs is 1. The number of rotatable bonds is 5. The summed E-state index contributed by atoms with van der Waals surface area (Å²) in [5.41, 5.74) is 3.75. The van der Waals surface area contributed by atoms with Crippen LogP contribution in [0.2, 0.25) is 5.02 Å². The highest BCUT2D eigenvalue weighted by atomic mass is 35.5. The molecule has 5 nitrogen and oxygen atoms in total. The molecule has 4 rings (SSSR count). The van der Waals surface area contributed by atoms with Gasteiger partial charge in [-0.2, -0.15) is 10.2 Å².